The van der Waals surface area contributed by atoms with Crippen molar-refractivity contribution in [1.82, 2.24) is 0 Å². The van der Waals surface area contributed by atoms with E-state index in [1.54, 1.807) is 0 Å². The van der Waals surface area contributed by atoms with Crippen LogP contribution in [0.25, 0.3) is 0 Å². The summed E-state index contributed by atoms with van der Waals surface area (Å²) < 4.78 is 0. The molecule has 0 aliphatic carbocycles. The summed E-state index contributed by atoms with van der Waals surface area (Å²) in [7, 11) is 0. The lowest BCUT2D eigenvalue weighted by molar-refractivity contribution is 0.945. The van der Waals surface area contributed by atoms with Gasteiger partial charge >= 0.3 is 0 Å². The molecule has 0 aromatic carbocycles. The molecule has 58 valence electrons. The normalized spacial score (nSPS) is 11.4. The molecule has 2 heteroatoms. The molecule has 0 spiro atoms. The molecule has 0 bridgehead atoms. The smallest absolute Gasteiger partial charge is 0.0256 e. The van der Waals surface area contributed by atoms with Crippen molar-refractivity contribution in [3.8, 4) is 0 Å². The SMILES string of the molecule is CC(=CN=C(C)C)CCN. The summed E-state index contributed by atoms with van der Waals surface area (Å²) in [5.74, 6) is 0. The number of hydrogen-bond donors (Lipinski definition) is 1. The van der Waals surface area contributed by atoms with Crippen molar-refractivity contribution in [3.05, 3.63) is 11.8 Å². The standard InChI is InChI=1S/C8H16N2/c1-7(2)10-6-8(3)4-5-9/h6H,4-5,9H2,1-3H3. The first-order chi connectivity index (χ1) is 4.66. The van der Waals surface area contributed by atoms with Crippen LogP contribution in [-0.4, -0.2) is 12.3 Å². The van der Waals surface area contributed by atoms with Crippen LogP contribution in [0.3, 0.4) is 0 Å². The van der Waals surface area contributed by atoms with Gasteiger partial charge in [0.05, 0.1) is 0 Å². The van der Waals surface area contributed by atoms with Gasteiger partial charge in [0.1, 0.15) is 0 Å². The molecule has 0 amide bonds. The van der Waals surface area contributed by atoms with Crippen molar-refractivity contribution >= 4 is 5.71 Å². The summed E-state index contributed by atoms with van der Waals surface area (Å²) >= 11 is 0. The zero-order valence-corrected chi connectivity index (χ0v) is 7.02. The number of rotatable bonds is 3. The van der Waals surface area contributed by atoms with Gasteiger partial charge < -0.3 is 5.73 Å². The molecule has 0 aliphatic rings. The van der Waals surface area contributed by atoms with E-state index in [9.17, 15) is 0 Å². The summed E-state index contributed by atoms with van der Waals surface area (Å²) in [6.07, 6.45) is 2.82. The number of aliphatic imine (C=N–C) groups is 1. The topological polar surface area (TPSA) is 38.4 Å². The second-order valence-electron chi connectivity index (χ2n) is 2.59. The van der Waals surface area contributed by atoms with Crippen LogP contribution in [0.1, 0.15) is 27.2 Å². The van der Waals surface area contributed by atoms with Gasteiger partial charge in [0.15, 0.2) is 0 Å². The lowest BCUT2D eigenvalue weighted by Crippen LogP contribution is -1.98. The Morgan fingerprint density at radius 1 is 1.40 bits per heavy atom. The van der Waals surface area contributed by atoms with Gasteiger partial charge in [0.25, 0.3) is 0 Å². The largest absolute Gasteiger partial charge is 0.330 e. The van der Waals surface area contributed by atoms with Crippen LogP contribution in [0.4, 0.5) is 0 Å². The maximum Gasteiger partial charge on any atom is 0.0256 e. The van der Waals surface area contributed by atoms with Gasteiger partial charge in [-0.3, -0.25) is 4.99 Å². The Labute approximate surface area is 62.8 Å². The highest BCUT2D eigenvalue weighted by Gasteiger charge is 1.83. The highest BCUT2D eigenvalue weighted by Crippen LogP contribution is 1.97. The third kappa shape index (κ3) is 5.51. The van der Waals surface area contributed by atoms with E-state index in [1.165, 1.54) is 5.57 Å². The second kappa shape index (κ2) is 5.18. The van der Waals surface area contributed by atoms with E-state index in [1.807, 2.05) is 27.0 Å². The molecule has 0 aromatic heterocycles. The minimum atomic E-state index is 0.709. The third-order valence-electron chi connectivity index (χ3n) is 1.08. The predicted molar refractivity (Wildman–Crippen MR) is 46.2 cm³/mol. The van der Waals surface area contributed by atoms with E-state index in [-0.39, 0.29) is 0 Å². The van der Waals surface area contributed by atoms with E-state index >= 15 is 0 Å². The molecule has 2 nitrogen and oxygen atoms in total. The maximum atomic E-state index is 5.35. The van der Waals surface area contributed by atoms with E-state index in [0.29, 0.717) is 6.54 Å². The van der Waals surface area contributed by atoms with Crippen LogP contribution in [0.2, 0.25) is 0 Å². The number of hydrogen-bond acceptors (Lipinski definition) is 2. The number of nitrogens with two attached hydrogens (primary N) is 1. The van der Waals surface area contributed by atoms with Crippen molar-refractivity contribution < 1.29 is 0 Å². The quantitative estimate of drug-likeness (QED) is 0.595. The van der Waals surface area contributed by atoms with E-state index < -0.39 is 0 Å². The predicted octanol–water partition coefficient (Wildman–Crippen LogP) is 1.72. The molecule has 0 fully saturated rings. The van der Waals surface area contributed by atoms with Gasteiger partial charge in [-0.05, 0) is 33.7 Å². The maximum absolute atomic E-state index is 5.35. The first-order valence-electron chi connectivity index (χ1n) is 3.53. The second-order valence-corrected chi connectivity index (χ2v) is 2.59. The minimum absolute atomic E-state index is 0.709. The average molecular weight is 140 g/mol. The van der Waals surface area contributed by atoms with Crippen LogP contribution in [0.15, 0.2) is 16.8 Å². The van der Waals surface area contributed by atoms with Crippen LogP contribution < -0.4 is 5.73 Å². The molecule has 2 N–H and O–H groups in total. The molecule has 0 aliphatic heterocycles. The fourth-order valence-electron chi connectivity index (χ4n) is 0.532. The molecule has 0 saturated carbocycles. The summed E-state index contributed by atoms with van der Waals surface area (Å²) in [6, 6.07) is 0. The summed E-state index contributed by atoms with van der Waals surface area (Å²) in [6.45, 7) is 6.71. The van der Waals surface area contributed by atoms with Crippen LogP contribution in [-0.2, 0) is 0 Å². The van der Waals surface area contributed by atoms with Crippen molar-refractivity contribution in [1.29, 1.82) is 0 Å². The van der Waals surface area contributed by atoms with Crippen molar-refractivity contribution in [2.75, 3.05) is 6.54 Å². The fraction of sp³-hybridized carbons (Fsp3) is 0.625. The van der Waals surface area contributed by atoms with E-state index in [2.05, 4.69) is 4.99 Å². The fourth-order valence-corrected chi connectivity index (χ4v) is 0.532. The molecule has 0 saturated heterocycles. The molecule has 0 aromatic rings. The molecule has 0 radical (unpaired) electrons. The Morgan fingerprint density at radius 2 is 2.00 bits per heavy atom. The van der Waals surface area contributed by atoms with Crippen LogP contribution in [0, 0.1) is 0 Å². The molecule has 10 heavy (non-hydrogen) atoms. The van der Waals surface area contributed by atoms with Crippen molar-refractivity contribution in [2.24, 2.45) is 10.7 Å². The lowest BCUT2D eigenvalue weighted by Gasteiger charge is -1.93. The Bertz CT molecular complexity index is 141. The van der Waals surface area contributed by atoms with Crippen LogP contribution >= 0.6 is 0 Å². The zero-order chi connectivity index (χ0) is 7.98. The average Bonchev–Trinajstić information content (AvgIpc) is 1.85. The monoisotopic (exact) mass is 140 g/mol. The number of nitrogens with zero attached hydrogens (tertiary/aromatic N) is 1. The first-order valence-corrected chi connectivity index (χ1v) is 3.53. The summed E-state index contributed by atoms with van der Waals surface area (Å²) in [5, 5.41) is 0. The Morgan fingerprint density at radius 3 is 2.40 bits per heavy atom. The molecule has 0 atom stereocenters. The third-order valence-corrected chi connectivity index (χ3v) is 1.08. The highest BCUT2D eigenvalue weighted by atomic mass is 14.7. The van der Waals surface area contributed by atoms with Crippen molar-refractivity contribution in [2.45, 2.75) is 27.2 Å². The van der Waals surface area contributed by atoms with Gasteiger partial charge in [0, 0.05) is 11.9 Å². The van der Waals surface area contributed by atoms with E-state index in [0.717, 1.165) is 12.1 Å². The lowest BCUT2D eigenvalue weighted by atomic mass is 10.2. The molecular weight excluding hydrogens is 124 g/mol. The Balaban J connectivity index is 3.79. The Hall–Kier alpha value is -0.630. The van der Waals surface area contributed by atoms with Crippen LogP contribution in [0.5, 0.6) is 0 Å². The van der Waals surface area contributed by atoms with Gasteiger partial charge in [-0.25, -0.2) is 0 Å². The summed E-state index contributed by atoms with van der Waals surface area (Å²) in [4.78, 5) is 4.14. The highest BCUT2D eigenvalue weighted by molar-refractivity contribution is 5.79. The van der Waals surface area contributed by atoms with Gasteiger partial charge in [-0.2, -0.15) is 0 Å². The van der Waals surface area contributed by atoms with Crippen molar-refractivity contribution in [3.63, 3.8) is 0 Å². The molecular formula is C8H16N2. The molecule has 0 unspecified atom stereocenters. The summed E-state index contributed by atoms with van der Waals surface area (Å²) in [5.41, 5.74) is 7.67. The zero-order valence-electron chi connectivity index (χ0n) is 7.02. The molecule has 0 rings (SSSR count). The Kier molecular flexibility index (Phi) is 4.85. The molecule has 0 heterocycles. The van der Waals surface area contributed by atoms with Gasteiger partial charge in [-0.15, -0.1) is 0 Å². The van der Waals surface area contributed by atoms with Gasteiger partial charge in [-0.1, -0.05) is 5.57 Å². The minimum Gasteiger partial charge on any atom is -0.330 e. The van der Waals surface area contributed by atoms with Gasteiger partial charge in [0.2, 0.25) is 0 Å². The van der Waals surface area contributed by atoms with E-state index in [4.69, 9.17) is 5.73 Å². The first kappa shape index (κ1) is 9.37.